The second kappa shape index (κ2) is 7.61. The molecular weight excluding hydrogens is 246 g/mol. The van der Waals surface area contributed by atoms with E-state index in [9.17, 15) is 0 Å². The summed E-state index contributed by atoms with van der Waals surface area (Å²) in [6.07, 6.45) is 5.10. The maximum atomic E-state index is 5.08. The molecule has 2 heteroatoms. The molecule has 1 aromatic carbocycles. The quantitative estimate of drug-likeness (QED) is 0.727. The molecule has 0 spiro atoms. The molecule has 110 valence electrons. The van der Waals surface area contributed by atoms with Crippen LogP contribution in [0.5, 0.6) is 0 Å². The second-order valence-electron chi connectivity index (χ2n) is 5.95. The fourth-order valence-corrected chi connectivity index (χ4v) is 2.44. The normalized spacial score (nSPS) is 15.9. The molecule has 2 nitrogen and oxygen atoms in total. The fourth-order valence-electron chi connectivity index (χ4n) is 2.44. The molecule has 0 aliphatic heterocycles. The van der Waals surface area contributed by atoms with Gasteiger partial charge in [0.1, 0.15) is 0 Å². The van der Waals surface area contributed by atoms with Crippen LogP contribution >= 0.6 is 0 Å². The lowest BCUT2D eigenvalue weighted by atomic mass is 9.96. The topological polar surface area (TPSA) is 21.3 Å². The summed E-state index contributed by atoms with van der Waals surface area (Å²) in [5, 5.41) is 3.46. The molecule has 0 aromatic heterocycles. The minimum atomic E-state index is 0.567. The van der Waals surface area contributed by atoms with Crippen molar-refractivity contribution in [3.05, 3.63) is 41.0 Å². The number of methoxy groups -OCH3 is 1. The molecular formula is C18H27NO. The Balaban J connectivity index is 2.07. The smallest absolute Gasteiger partial charge is 0.0587 e. The van der Waals surface area contributed by atoms with Crippen molar-refractivity contribution in [2.75, 3.05) is 26.8 Å². The van der Waals surface area contributed by atoms with Crippen LogP contribution in [0.25, 0.3) is 6.08 Å². The first-order valence-corrected chi connectivity index (χ1v) is 7.71. The van der Waals surface area contributed by atoms with Gasteiger partial charge in [-0.25, -0.2) is 0 Å². The highest BCUT2D eigenvalue weighted by atomic mass is 16.5. The second-order valence-corrected chi connectivity index (χ2v) is 5.95. The van der Waals surface area contributed by atoms with Crippen LogP contribution in [0.1, 0.15) is 43.7 Å². The first kappa shape index (κ1) is 15.3. The molecule has 0 amide bonds. The van der Waals surface area contributed by atoms with Crippen molar-refractivity contribution < 1.29 is 4.74 Å². The van der Waals surface area contributed by atoms with Gasteiger partial charge >= 0.3 is 0 Å². The average Bonchev–Trinajstić information content (AvgIpc) is 3.27. The SMILES string of the molecule is COCCNC/C(=C/c1ccccc1C1CC1)C(C)C. The van der Waals surface area contributed by atoms with Gasteiger partial charge in [-0.05, 0) is 35.8 Å². The maximum Gasteiger partial charge on any atom is 0.0587 e. The Morgan fingerprint density at radius 2 is 2.10 bits per heavy atom. The van der Waals surface area contributed by atoms with E-state index < -0.39 is 0 Å². The van der Waals surface area contributed by atoms with Gasteiger partial charge in [0.2, 0.25) is 0 Å². The number of rotatable bonds is 8. The number of nitrogens with one attached hydrogen (secondary N) is 1. The van der Waals surface area contributed by atoms with Crippen molar-refractivity contribution in [2.24, 2.45) is 5.92 Å². The van der Waals surface area contributed by atoms with Gasteiger partial charge in [0.05, 0.1) is 6.61 Å². The molecule has 0 unspecified atom stereocenters. The Hall–Kier alpha value is -1.12. The first-order valence-electron chi connectivity index (χ1n) is 7.71. The maximum absolute atomic E-state index is 5.08. The van der Waals surface area contributed by atoms with E-state index in [1.165, 1.54) is 29.5 Å². The molecule has 2 rings (SSSR count). The van der Waals surface area contributed by atoms with Crippen molar-refractivity contribution in [2.45, 2.75) is 32.6 Å². The summed E-state index contributed by atoms with van der Waals surface area (Å²) in [7, 11) is 1.74. The fraction of sp³-hybridized carbons (Fsp3) is 0.556. The Bertz CT molecular complexity index is 446. The van der Waals surface area contributed by atoms with Crippen molar-refractivity contribution >= 4 is 6.08 Å². The molecule has 1 aliphatic rings. The van der Waals surface area contributed by atoms with E-state index in [0.717, 1.165) is 25.6 Å². The third-order valence-corrected chi connectivity index (χ3v) is 3.91. The van der Waals surface area contributed by atoms with Crippen molar-refractivity contribution in [1.29, 1.82) is 0 Å². The molecule has 1 aromatic rings. The Kier molecular flexibility index (Phi) is 5.81. The van der Waals surface area contributed by atoms with E-state index in [-0.39, 0.29) is 0 Å². The summed E-state index contributed by atoms with van der Waals surface area (Å²) in [6.45, 7) is 7.15. The highest BCUT2D eigenvalue weighted by Gasteiger charge is 2.25. The number of hydrogen-bond donors (Lipinski definition) is 1. The molecule has 1 aliphatic carbocycles. The monoisotopic (exact) mass is 273 g/mol. The van der Waals surface area contributed by atoms with E-state index in [2.05, 4.69) is 49.5 Å². The number of benzene rings is 1. The lowest BCUT2D eigenvalue weighted by molar-refractivity contribution is 0.200. The van der Waals surface area contributed by atoms with Gasteiger partial charge in [-0.2, -0.15) is 0 Å². The lowest BCUT2D eigenvalue weighted by Gasteiger charge is -2.14. The molecule has 0 atom stereocenters. The standard InChI is InChI=1S/C18H27NO/c1-14(2)17(13-19-10-11-20-3)12-16-6-4-5-7-18(16)15-8-9-15/h4-7,12,14-15,19H,8-11,13H2,1-3H3/b17-12-. The number of ether oxygens (including phenoxy) is 1. The van der Waals surface area contributed by atoms with Gasteiger partial charge in [-0.1, -0.05) is 49.8 Å². The largest absolute Gasteiger partial charge is 0.383 e. The van der Waals surface area contributed by atoms with E-state index >= 15 is 0 Å². The first-order chi connectivity index (χ1) is 9.72. The van der Waals surface area contributed by atoms with Crippen molar-refractivity contribution in [3.8, 4) is 0 Å². The molecule has 0 bridgehead atoms. The van der Waals surface area contributed by atoms with Crippen LogP contribution in [-0.2, 0) is 4.74 Å². The van der Waals surface area contributed by atoms with Gasteiger partial charge < -0.3 is 10.1 Å². The van der Waals surface area contributed by atoms with E-state index in [1.807, 2.05) is 0 Å². The zero-order valence-electron chi connectivity index (χ0n) is 13.0. The molecule has 0 radical (unpaired) electrons. The zero-order chi connectivity index (χ0) is 14.4. The van der Waals surface area contributed by atoms with E-state index in [1.54, 1.807) is 7.11 Å². The Labute approximate surface area is 123 Å². The zero-order valence-corrected chi connectivity index (χ0v) is 13.0. The molecule has 0 saturated heterocycles. The van der Waals surface area contributed by atoms with Gasteiger partial charge in [0, 0.05) is 20.2 Å². The van der Waals surface area contributed by atoms with Gasteiger partial charge in [0.25, 0.3) is 0 Å². The summed E-state index contributed by atoms with van der Waals surface area (Å²) in [5.74, 6) is 1.37. The van der Waals surface area contributed by atoms with E-state index in [4.69, 9.17) is 4.74 Å². The summed E-state index contributed by atoms with van der Waals surface area (Å²) < 4.78 is 5.08. The van der Waals surface area contributed by atoms with Crippen LogP contribution in [0, 0.1) is 5.92 Å². The van der Waals surface area contributed by atoms with E-state index in [0.29, 0.717) is 5.92 Å². The average molecular weight is 273 g/mol. The van der Waals surface area contributed by atoms with Crippen LogP contribution in [-0.4, -0.2) is 26.8 Å². The lowest BCUT2D eigenvalue weighted by Crippen LogP contribution is -2.23. The van der Waals surface area contributed by atoms with Gasteiger partial charge in [-0.15, -0.1) is 0 Å². The van der Waals surface area contributed by atoms with Crippen LogP contribution in [0.2, 0.25) is 0 Å². The molecule has 1 fully saturated rings. The van der Waals surface area contributed by atoms with Crippen molar-refractivity contribution in [1.82, 2.24) is 5.32 Å². The van der Waals surface area contributed by atoms with Crippen LogP contribution < -0.4 is 5.32 Å². The van der Waals surface area contributed by atoms with Gasteiger partial charge in [-0.3, -0.25) is 0 Å². The molecule has 20 heavy (non-hydrogen) atoms. The Morgan fingerprint density at radius 3 is 2.75 bits per heavy atom. The van der Waals surface area contributed by atoms with Gasteiger partial charge in [0.15, 0.2) is 0 Å². The molecule has 1 saturated carbocycles. The van der Waals surface area contributed by atoms with Crippen LogP contribution in [0.4, 0.5) is 0 Å². The minimum Gasteiger partial charge on any atom is -0.383 e. The highest BCUT2D eigenvalue weighted by molar-refractivity contribution is 5.59. The van der Waals surface area contributed by atoms with Crippen LogP contribution in [0.3, 0.4) is 0 Å². The summed E-state index contributed by atoms with van der Waals surface area (Å²) in [5.41, 5.74) is 4.41. The third-order valence-electron chi connectivity index (χ3n) is 3.91. The predicted molar refractivity (Wildman–Crippen MR) is 86.0 cm³/mol. The van der Waals surface area contributed by atoms with Crippen LogP contribution in [0.15, 0.2) is 29.8 Å². The summed E-state index contributed by atoms with van der Waals surface area (Å²) >= 11 is 0. The summed E-state index contributed by atoms with van der Waals surface area (Å²) in [6, 6.07) is 8.86. The molecule has 0 heterocycles. The Morgan fingerprint density at radius 1 is 1.35 bits per heavy atom. The summed E-state index contributed by atoms with van der Waals surface area (Å²) in [4.78, 5) is 0. The minimum absolute atomic E-state index is 0.567. The third kappa shape index (κ3) is 4.46. The number of hydrogen-bond acceptors (Lipinski definition) is 2. The van der Waals surface area contributed by atoms with Crippen molar-refractivity contribution in [3.63, 3.8) is 0 Å². The highest BCUT2D eigenvalue weighted by Crippen LogP contribution is 2.42. The molecule has 1 N–H and O–H groups in total. The predicted octanol–water partition coefficient (Wildman–Crippen LogP) is 3.84.